The van der Waals surface area contributed by atoms with Crippen LogP contribution in [0.25, 0.3) is 0 Å². The smallest absolute Gasteiger partial charge is 0.408 e. The number of nitrogens with one attached hydrogen (secondary N) is 4. The monoisotopic (exact) mass is 798 g/mol. The van der Waals surface area contributed by atoms with E-state index in [0.717, 1.165) is 5.41 Å². The molecule has 0 spiro atoms. The molecule has 0 saturated heterocycles. The molecule has 0 aliphatic heterocycles. The number of carbonyl (C=O) groups excluding carboxylic acids is 6. The number of alkyl carbamates (subject to hydrolysis) is 1. The zero-order chi connectivity index (χ0) is 41.7. The van der Waals surface area contributed by atoms with Crippen LogP contribution >= 0.6 is 0 Å². The lowest BCUT2D eigenvalue weighted by atomic mass is 9.96. The van der Waals surface area contributed by atoms with E-state index in [4.69, 9.17) is 14.2 Å². The summed E-state index contributed by atoms with van der Waals surface area (Å²) in [6.07, 6.45) is 9.88. The number of sulfone groups is 1. The van der Waals surface area contributed by atoms with E-state index in [1.165, 1.54) is 19.9 Å². The number of ether oxygens (including phenoxy) is 3. The highest BCUT2D eigenvalue weighted by molar-refractivity contribution is 7.94. The van der Waals surface area contributed by atoms with Gasteiger partial charge in [0.2, 0.25) is 11.8 Å². The van der Waals surface area contributed by atoms with Crippen molar-refractivity contribution in [1.82, 2.24) is 21.3 Å². The number of rotatable bonds is 21. The van der Waals surface area contributed by atoms with Gasteiger partial charge < -0.3 is 35.5 Å². The summed E-state index contributed by atoms with van der Waals surface area (Å²) in [5.74, 6) is -4.29. The van der Waals surface area contributed by atoms with Gasteiger partial charge in [-0.25, -0.2) is 13.2 Å². The van der Waals surface area contributed by atoms with Crippen LogP contribution in [0.15, 0.2) is 89.5 Å². The second kappa shape index (κ2) is 24.1. The van der Waals surface area contributed by atoms with Crippen molar-refractivity contribution in [3.05, 3.63) is 95.1 Å². The van der Waals surface area contributed by atoms with Crippen molar-refractivity contribution in [3.8, 4) is 0 Å². The van der Waals surface area contributed by atoms with Crippen LogP contribution in [0.3, 0.4) is 0 Å². The van der Waals surface area contributed by atoms with Crippen LogP contribution in [0.1, 0.15) is 72.8 Å². The van der Waals surface area contributed by atoms with Gasteiger partial charge in [0.1, 0.15) is 24.4 Å². The van der Waals surface area contributed by atoms with Gasteiger partial charge in [0.05, 0.1) is 18.5 Å². The van der Waals surface area contributed by atoms with Gasteiger partial charge in [-0.15, -0.1) is 0 Å². The molecule has 0 heterocycles. The van der Waals surface area contributed by atoms with Gasteiger partial charge in [0.25, 0.3) is 5.91 Å². The molecule has 4 N–H and O–H groups in total. The number of hydrogen-bond acceptors (Lipinski definition) is 11. The Morgan fingerprint density at radius 2 is 1.36 bits per heavy atom. The van der Waals surface area contributed by atoms with Crippen LogP contribution in [0.4, 0.5) is 4.79 Å². The highest BCUT2D eigenvalue weighted by Gasteiger charge is 2.33. The second-order valence-electron chi connectivity index (χ2n) is 13.1. The van der Waals surface area contributed by atoms with Crippen molar-refractivity contribution < 1.29 is 51.4 Å². The summed E-state index contributed by atoms with van der Waals surface area (Å²) in [4.78, 5) is 78.9. The zero-order valence-corrected chi connectivity index (χ0v) is 33.6. The first-order valence-corrected chi connectivity index (χ1v) is 20.0. The molecule has 1 aromatic carbocycles. The standard InChI is InChI=1S/C40H54N4O11S/c1-7-53-33(45)22-20-31(24-25-56(51,52)28(5)6)41-38(48)35(27(3)4)43-39(49)36(30-18-14-9-10-15-19-30)44-37(47)32(21-23-34(46)54-8-2)42-40(50)55-26-29-16-12-11-13-17-29/h9-19,24-25,28,30-32,36H,7-8,20-23,26H2,1-6H3,(H,41,48)(H,42,50)(H,43,49)(H,44,47). The van der Waals surface area contributed by atoms with Gasteiger partial charge >= 0.3 is 18.0 Å². The first-order chi connectivity index (χ1) is 26.6. The Bertz CT molecular complexity index is 1760. The van der Waals surface area contributed by atoms with Crippen LogP contribution < -0.4 is 21.3 Å². The zero-order valence-electron chi connectivity index (χ0n) is 32.7. The predicted molar refractivity (Wildman–Crippen MR) is 210 cm³/mol. The summed E-state index contributed by atoms with van der Waals surface area (Å²) in [7, 11) is -3.66. The van der Waals surface area contributed by atoms with Crippen molar-refractivity contribution in [1.29, 1.82) is 0 Å². The Kier molecular flexibility index (Phi) is 20.1. The minimum absolute atomic E-state index is 0.00397. The molecule has 16 heteroatoms. The van der Waals surface area contributed by atoms with Crippen LogP contribution in [0, 0.1) is 5.92 Å². The van der Waals surface area contributed by atoms with E-state index >= 15 is 0 Å². The molecule has 0 aromatic heterocycles. The molecule has 56 heavy (non-hydrogen) atoms. The van der Waals surface area contributed by atoms with Gasteiger partial charge in [-0.3, -0.25) is 24.0 Å². The first-order valence-electron chi connectivity index (χ1n) is 18.4. The van der Waals surface area contributed by atoms with E-state index < -0.39 is 74.9 Å². The SMILES string of the molecule is CCOC(=O)CCC(C=CS(=O)(=O)C(C)C)NC(=O)C(NC(=O)C(NC(=O)C(CCC(=O)OCC)NC(=O)OCc1ccccc1)C1C=CC=CC=C1)=C(C)C. The lowest BCUT2D eigenvalue weighted by Crippen LogP contribution is -2.56. The highest BCUT2D eigenvalue weighted by Crippen LogP contribution is 2.15. The summed E-state index contributed by atoms with van der Waals surface area (Å²) < 4.78 is 40.4. The van der Waals surface area contributed by atoms with Gasteiger partial charge in [-0.1, -0.05) is 72.9 Å². The molecular weight excluding hydrogens is 745 g/mol. The topological polar surface area (TPSA) is 212 Å². The number of hydrogen-bond donors (Lipinski definition) is 4. The minimum Gasteiger partial charge on any atom is -0.466 e. The molecule has 1 aromatic rings. The number of amides is 4. The number of esters is 2. The van der Waals surface area contributed by atoms with Crippen LogP contribution in [-0.4, -0.2) is 80.8 Å². The summed E-state index contributed by atoms with van der Waals surface area (Å²) >= 11 is 0. The third-order valence-electron chi connectivity index (χ3n) is 8.14. The van der Waals surface area contributed by atoms with Crippen molar-refractivity contribution in [3.63, 3.8) is 0 Å². The largest absolute Gasteiger partial charge is 0.466 e. The molecule has 1 aliphatic carbocycles. The van der Waals surface area contributed by atoms with Crippen LogP contribution in [-0.2, 0) is 54.6 Å². The van der Waals surface area contributed by atoms with Crippen LogP contribution in [0.2, 0.25) is 0 Å². The summed E-state index contributed by atoms with van der Waals surface area (Å²) in [5.41, 5.74) is 0.887. The Labute approximate surface area is 329 Å². The summed E-state index contributed by atoms with van der Waals surface area (Å²) in [6.45, 7) is 9.58. The van der Waals surface area contributed by atoms with Crippen molar-refractivity contribution in [2.24, 2.45) is 5.92 Å². The average Bonchev–Trinajstić information content (AvgIpc) is 3.44. The Morgan fingerprint density at radius 1 is 0.768 bits per heavy atom. The molecule has 0 saturated carbocycles. The number of allylic oxidation sites excluding steroid dienone is 5. The van der Waals surface area contributed by atoms with E-state index in [9.17, 15) is 37.2 Å². The molecule has 15 nitrogen and oxygen atoms in total. The molecule has 1 aliphatic rings. The van der Waals surface area contributed by atoms with Crippen molar-refractivity contribution >= 4 is 45.6 Å². The maximum absolute atomic E-state index is 14.1. The molecule has 306 valence electrons. The highest BCUT2D eigenvalue weighted by atomic mass is 32.2. The van der Waals surface area contributed by atoms with E-state index in [1.54, 1.807) is 94.5 Å². The normalized spacial score (nSPS) is 14.2. The van der Waals surface area contributed by atoms with Gasteiger partial charge in [-0.05, 0) is 65.5 Å². The summed E-state index contributed by atoms with van der Waals surface area (Å²) in [6, 6.07) is 5.22. The van der Waals surface area contributed by atoms with E-state index in [-0.39, 0.29) is 51.2 Å². The van der Waals surface area contributed by atoms with E-state index in [0.29, 0.717) is 11.1 Å². The van der Waals surface area contributed by atoms with E-state index in [2.05, 4.69) is 21.3 Å². The minimum atomic E-state index is -3.66. The quantitative estimate of drug-likeness (QED) is 0.0794. The fourth-order valence-electron chi connectivity index (χ4n) is 5.00. The number of carbonyl (C=O) groups is 6. The van der Waals surface area contributed by atoms with E-state index in [1.807, 2.05) is 0 Å². The number of benzene rings is 1. The molecule has 3 unspecified atom stereocenters. The fraction of sp³-hybridized carbons (Fsp3) is 0.450. The molecule has 0 fully saturated rings. The predicted octanol–water partition coefficient (Wildman–Crippen LogP) is 3.98. The average molecular weight is 799 g/mol. The Morgan fingerprint density at radius 3 is 1.91 bits per heavy atom. The molecule has 0 radical (unpaired) electrons. The lowest BCUT2D eigenvalue weighted by Gasteiger charge is -2.27. The molecule has 4 amide bonds. The summed E-state index contributed by atoms with van der Waals surface area (Å²) in [5, 5.41) is 10.7. The second-order valence-corrected chi connectivity index (χ2v) is 15.5. The molecule has 2 rings (SSSR count). The maximum atomic E-state index is 14.1. The van der Waals surface area contributed by atoms with Crippen molar-refractivity contribution in [2.45, 2.75) is 97.2 Å². The van der Waals surface area contributed by atoms with Crippen molar-refractivity contribution in [2.75, 3.05) is 13.2 Å². The molecular formula is C40H54N4O11S. The Balaban J connectivity index is 2.38. The maximum Gasteiger partial charge on any atom is 0.408 e. The van der Waals surface area contributed by atoms with Gasteiger partial charge in [0.15, 0.2) is 9.84 Å². The Hall–Kier alpha value is -5.51. The third kappa shape index (κ3) is 16.9. The first kappa shape index (κ1) is 46.6. The van der Waals surface area contributed by atoms with Gasteiger partial charge in [0, 0.05) is 30.2 Å². The third-order valence-corrected chi connectivity index (χ3v) is 9.99. The molecule has 3 atom stereocenters. The van der Waals surface area contributed by atoms with Crippen LogP contribution in [0.5, 0.6) is 0 Å². The molecule has 0 bridgehead atoms. The lowest BCUT2D eigenvalue weighted by molar-refractivity contribution is -0.144. The fourth-order valence-corrected chi connectivity index (χ4v) is 5.72. The van der Waals surface area contributed by atoms with Gasteiger partial charge in [-0.2, -0.15) is 0 Å².